The van der Waals surface area contributed by atoms with Crippen molar-refractivity contribution in [1.29, 1.82) is 0 Å². The number of pyridine rings is 1. The normalized spacial score (nSPS) is 11.6. The van der Waals surface area contributed by atoms with Crippen molar-refractivity contribution in [3.8, 4) is 11.1 Å². The zero-order valence-corrected chi connectivity index (χ0v) is 14.3. The molecule has 2 heterocycles. The van der Waals surface area contributed by atoms with Crippen molar-refractivity contribution in [2.24, 2.45) is 0 Å². The molecule has 0 unspecified atom stereocenters. The third-order valence-corrected chi connectivity index (χ3v) is 5.16. The zero-order valence-electron chi connectivity index (χ0n) is 14.3. The number of fused-ring (bicyclic) bond motifs is 6. The van der Waals surface area contributed by atoms with Crippen LogP contribution in [0.5, 0.6) is 0 Å². The Morgan fingerprint density at radius 1 is 0.760 bits per heavy atom. The molecule has 2 aromatic heterocycles. The number of aromatic amines is 1. The van der Waals surface area contributed by atoms with Gasteiger partial charge in [-0.25, -0.2) is 0 Å². The topological polar surface area (TPSA) is 28.7 Å². The Labute approximate surface area is 146 Å². The second-order valence-electron chi connectivity index (χ2n) is 6.67. The summed E-state index contributed by atoms with van der Waals surface area (Å²) in [6.45, 7) is 4.35. The second kappa shape index (κ2) is 5.18. The van der Waals surface area contributed by atoms with E-state index < -0.39 is 0 Å². The minimum Gasteiger partial charge on any atom is -0.359 e. The molecule has 0 aliphatic heterocycles. The molecule has 3 aromatic carbocycles. The van der Waals surface area contributed by atoms with Crippen molar-refractivity contribution < 1.29 is 0 Å². The number of nitrogens with one attached hydrogen (secondary N) is 1. The van der Waals surface area contributed by atoms with Gasteiger partial charge in [-0.1, -0.05) is 48.5 Å². The fraction of sp³-hybridized carbons (Fsp3) is 0.0870. The standard InChI is InChI=1S/C23H18N2/c1-14-7-5-8-15(2)20(14)19-13-25-23-21(19)17-10-4-3-9-16(17)18-11-6-12-24-22(18)23/h3-13,24H,1-2H3. The van der Waals surface area contributed by atoms with Gasteiger partial charge in [-0.3, -0.25) is 4.98 Å². The van der Waals surface area contributed by atoms with Crippen LogP contribution >= 0.6 is 0 Å². The fourth-order valence-electron chi connectivity index (χ4n) is 4.07. The van der Waals surface area contributed by atoms with Gasteiger partial charge in [0.2, 0.25) is 0 Å². The molecule has 2 heteroatoms. The first-order valence-corrected chi connectivity index (χ1v) is 8.59. The van der Waals surface area contributed by atoms with Gasteiger partial charge in [0.05, 0.1) is 11.0 Å². The highest BCUT2D eigenvalue weighted by Gasteiger charge is 2.17. The molecular formula is C23H18N2. The van der Waals surface area contributed by atoms with E-state index >= 15 is 0 Å². The first kappa shape index (κ1) is 14.2. The lowest BCUT2D eigenvalue weighted by Gasteiger charge is -2.11. The summed E-state index contributed by atoms with van der Waals surface area (Å²) in [6.07, 6.45) is 4.01. The molecule has 0 aliphatic rings. The highest BCUT2D eigenvalue weighted by Crippen LogP contribution is 2.40. The van der Waals surface area contributed by atoms with Crippen LogP contribution in [-0.4, -0.2) is 9.97 Å². The van der Waals surface area contributed by atoms with Gasteiger partial charge in [-0.15, -0.1) is 0 Å². The van der Waals surface area contributed by atoms with Gasteiger partial charge in [-0.05, 0) is 47.4 Å². The van der Waals surface area contributed by atoms with Crippen LogP contribution in [0.25, 0.3) is 43.7 Å². The molecule has 0 amide bonds. The third kappa shape index (κ3) is 1.94. The predicted octanol–water partition coefficient (Wildman–Crippen LogP) is 6.15. The maximum Gasteiger partial charge on any atom is 0.0956 e. The predicted molar refractivity (Wildman–Crippen MR) is 106 cm³/mol. The Balaban J connectivity index is 2.05. The van der Waals surface area contributed by atoms with Crippen LogP contribution in [0.15, 0.2) is 67.0 Å². The van der Waals surface area contributed by atoms with Gasteiger partial charge < -0.3 is 4.98 Å². The lowest BCUT2D eigenvalue weighted by atomic mass is 9.92. The van der Waals surface area contributed by atoms with E-state index in [1.807, 2.05) is 12.4 Å². The summed E-state index contributed by atoms with van der Waals surface area (Å²) >= 11 is 0. The number of hydrogen-bond donors (Lipinski definition) is 1. The molecule has 0 fully saturated rings. The average Bonchev–Trinajstić information content (AvgIpc) is 3.07. The second-order valence-corrected chi connectivity index (χ2v) is 6.67. The molecule has 25 heavy (non-hydrogen) atoms. The number of hydrogen-bond acceptors (Lipinski definition) is 1. The van der Waals surface area contributed by atoms with Crippen molar-refractivity contribution in [2.75, 3.05) is 0 Å². The molecule has 5 rings (SSSR count). The van der Waals surface area contributed by atoms with Crippen molar-refractivity contribution in [3.05, 3.63) is 78.1 Å². The van der Waals surface area contributed by atoms with E-state index in [1.165, 1.54) is 43.8 Å². The molecule has 0 aliphatic carbocycles. The summed E-state index contributed by atoms with van der Waals surface area (Å²) in [6, 6.07) is 19.3. The third-order valence-electron chi connectivity index (χ3n) is 5.16. The summed E-state index contributed by atoms with van der Waals surface area (Å²) in [5.41, 5.74) is 7.25. The van der Waals surface area contributed by atoms with Crippen LogP contribution in [0, 0.1) is 13.8 Å². The molecule has 0 bridgehead atoms. The number of aromatic nitrogens is 2. The van der Waals surface area contributed by atoms with E-state index in [0.717, 1.165) is 11.0 Å². The van der Waals surface area contributed by atoms with Crippen molar-refractivity contribution in [3.63, 3.8) is 0 Å². The molecule has 2 nitrogen and oxygen atoms in total. The quantitative estimate of drug-likeness (QED) is 0.368. The summed E-state index contributed by atoms with van der Waals surface area (Å²) < 4.78 is 0. The molecule has 0 saturated heterocycles. The first-order valence-electron chi connectivity index (χ1n) is 8.59. The van der Waals surface area contributed by atoms with Crippen LogP contribution in [-0.2, 0) is 0 Å². The van der Waals surface area contributed by atoms with Crippen LogP contribution in [0.2, 0.25) is 0 Å². The van der Waals surface area contributed by atoms with Crippen molar-refractivity contribution >= 4 is 32.6 Å². The Bertz CT molecular complexity index is 1240. The van der Waals surface area contributed by atoms with Gasteiger partial charge in [0.15, 0.2) is 0 Å². The minimum absolute atomic E-state index is 1.05. The van der Waals surface area contributed by atoms with Gasteiger partial charge in [0, 0.05) is 28.7 Å². The Hall–Kier alpha value is -3.13. The van der Waals surface area contributed by atoms with Crippen LogP contribution < -0.4 is 0 Å². The molecule has 120 valence electrons. The largest absolute Gasteiger partial charge is 0.359 e. The number of H-pyrrole nitrogens is 1. The fourth-order valence-corrected chi connectivity index (χ4v) is 4.07. The number of benzene rings is 3. The smallest absolute Gasteiger partial charge is 0.0956 e. The van der Waals surface area contributed by atoms with Crippen molar-refractivity contribution in [2.45, 2.75) is 13.8 Å². The number of nitrogens with zero attached hydrogens (tertiary/aromatic N) is 1. The Morgan fingerprint density at radius 3 is 2.28 bits per heavy atom. The van der Waals surface area contributed by atoms with E-state index in [9.17, 15) is 0 Å². The Kier molecular flexibility index (Phi) is 2.95. The molecule has 1 N–H and O–H groups in total. The monoisotopic (exact) mass is 322 g/mol. The van der Waals surface area contributed by atoms with E-state index in [-0.39, 0.29) is 0 Å². The highest BCUT2D eigenvalue weighted by atomic mass is 14.7. The first-order chi connectivity index (χ1) is 12.3. The lowest BCUT2D eigenvalue weighted by Crippen LogP contribution is -1.88. The number of aryl methyl sites for hydroxylation is 2. The maximum atomic E-state index is 4.82. The lowest BCUT2D eigenvalue weighted by molar-refractivity contribution is 1.37. The maximum absolute atomic E-state index is 4.82. The molecule has 0 saturated carbocycles. The number of rotatable bonds is 1. The van der Waals surface area contributed by atoms with E-state index in [1.54, 1.807) is 0 Å². The molecule has 0 spiro atoms. The average molecular weight is 322 g/mol. The summed E-state index contributed by atoms with van der Waals surface area (Å²) in [5.74, 6) is 0. The van der Waals surface area contributed by atoms with E-state index in [0.29, 0.717) is 0 Å². The van der Waals surface area contributed by atoms with Crippen LogP contribution in [0.3, 0.4) is 0 Å². The zero-order chi connectivity index (χ0) is 17.0. The summed E-state index contributed by atoms with van der Waals surface area (Å²) in [5, 5.41) is 4.99. The van der Waals surface area contributed by atoms with Gasteiger partial charge >= 0.3 is 0 Å². The molecule has 5 aromatic rings. The summed E-state index contributed by atoms with van der Waals surface area (Å²) in [4.78, 5) is 8.24. The summed E-state index contributed by atoms with van der Waals surface area (Å²) in [7, 11) is 0. The van der Waals surface area contributed by atoms with Crippen molar-refractivity contribution in [1.82, 2.24) is 9.97 Å². The van der Waals surface area contributed by atoms with E-state index in [4.69, 9.17) is 4.98 Å². The molecular weight excluding hydrogens is 304 g/mol. The van der Waals surface area contributed by atoms with Gasteiger partial charge in [0.1, 0.15) is 0 Å². The van der Waals surface area contributed by atoms with Crippen LogP contribution in [0.4, 0.5) is 0 Å². The SMILES string of the molecule is Cc1cccc(C)c1-c1cnc2c3[nH]cccc3c3ccccc3c12. The van der Waals surface area contributed by atoms with Gasteiger partial charge in [0.25, 0.3) is 0 Å². The van der Waals surface area contributed by atoms with Crippen LogP contribution in [0.1, 0.15) is 11.1 Å². The molecule has 0 atom stereocenters. The van der Waals surface area contributed by atoms with E-state index in [2.05, 4.69) is 73.4 Å². The Morgan fingerprint density at radius 2 is 1.48 bits per heavy atom. The molecule has 0 radical (unpaired) electrons. The van der Waals surface area contributed by atoms with Gasteiger partial charge in [-0.2, -0.15) is 0 Å². The highest BCUT2D eigenvalue weighted by molar-refractivity contribution is 6.26. The minimum atomic E-state index is 1.05.